The molecule has 0 bridgehead atoms. The minimum atomic E-state index is -0.280. The van der Waals surface area contributed by atoms with Crippen LogP contribution < -0.4 is 5.69 Å². The molecular weight excluding hydrogens is 288 g/mol. The molecule has 3 rings (SSSR count). The summed E-state index contributed by atoms with van der Waals surface area (Å²) in [5, 5.41) is 8.43. The van der Waals surface area contributed by atoms with Crippen LogP contribution in [0.15, 0.2) is 53.3 Å². The number of tetrazole rings is 1. The van der Waals surface area contributed by atoms with Crippen molar-refractivity contribution in [3.8, 4) is 5.69 Å². The number of halogens is 1. The summed E-state index contributed by atoms with van der Waals surface area (Å²) >= 11 is 5.84. The van der Waals surface area contributed by atoms with Crippen molar-refractivity contribution in [3.05, 3.63) is 75.2 Å². The van der Waals surface area contributed by atoms with Crippen molar-refractivity contribution in [2.24, 2.45) is 0 Å². The van der Waals surface area contributed by atoms with Gasteiger partial charge in [-0.3, -0.25) is 0 Å². The van der Waals surface area contributed by atoms with E-state index < -0.39 is 0 Å². The lowest BCUT2D eigenvalue weighted by Crippen LogP contribution is -2.24. The largest absolute Gasteiger partial charge is 0.368 e. The van der Waals surface area contributed by atoms with Crippen molar-refractivity contribution >= 4 is 11.6 Å². The minimum Gasteiger partial charge on any atom is -0.244 e. The van der Waals surface area contributed by atoms with Crippen LogP contribution in [0.25, 0.3) is 5.69 Å². The van der Waals surface area contributed by atoms with Gasteiger partial charge in [0.2, 0.25) is 0 Å². The molecule has 0 aliphatic carbocycles. The molecule has 0 fully saturated rings. The predicted molar refractivity (Wildman–Crippen MR) is 80.9 cm³/mol. The number of aryl methyl sites for hydroxylation is 1. The first-order valence-corrected chi connectivity index (χ1v) is 6.85. The third-order valence-corrected chi connectivity index (χ3v) is 3.42. The van der Waals surface area contributed by atoms with E-state index in [1.165, 1.54) is 14.9 Å². The Balaban J connectivity index is 1.90. The standard InChI is InChI=1S/C15H13ClN4O/c1-11-2-4-12(5-3-11)10-19-15(21)20(18-17-19)14-8-6-13(16)7-9-14/h2-9H,10H2,1H3. The van der Waals surface area contributed by atoms with Gasteiger partial charge in [0.1, 0.15) is 0 Å². The molecule has 106 valence electrons. The molecule has 0 N–H and O–H groups in total. The topological polar surface area (TPSA) is 52.7 Å². The van der Waals surface area contributed by atoms with E-state index in [4.69, 9.17) is 11.6 Å². The fraction of sp³-hybridized carbons (Fsp3) is 0.133. The van der Waals surface area contributed by atoms with Crippen molar-refractivity contribution in [1.82, 2.24) is 19.8 Å². The smallest absolute Gasteiger partial charge is 0.244 e. The summed E-state index contributed by atoms with van der Waals surface area (Å²) in [4.78, 5) is 12.3. The molecule has 1 heterocycles. The Labute approximate surface area is 126 Å². The van der Waals surface area contributed by atoms with Crippen molar-refractivity contribution in [2.45, 2.75) is 13.5 Å². The fourth-order valence-corrected chi connectivity index (χ4v) is 2.11. The van der Waals surface area contributed by atoms with E-state index in [1.54, 1.807) is 24.3 Å². The number of benzene rings is 2. The lowest BCUT2D eigenvalue weighted by Gasteiger charge is -2.00. The maximum atomic E-state index is 12.3. The molecule has 0 amide bonds. The first-order chi connectivity index (χ1) is 10.1. The van der Waals surface area contributed by atoms with Gasteiger partial charge >= 0.3 is 5.69 Å². The van der Waals surface area contributed by atoms with Crippen LogP contribution in [0.1, 0.15) is 11.1 Å². The van der Waals surface area contributed by atoms with Gasteiger partial charge in [0.25, 0.3) is 0 Å². The van der Waals surface area contributed by atoms with Gasteiger partial charge in [0.05, 0.1) is 12.2 Å². The van der Waals surface area contributed by atoms with Crippen LogP contribution in [0.3, 0.4) is 0 Å². The Morgan fingerprint density at radius 2 is 1.67 bits per heavy atom. The number of hydrogen-bond donors (Lipinski definition) is 0. The SMILES string of the molecule is Cc1ccc(Cn2nnn(-c3ccc(Cl)cc3)c2=O)cc1. The number of hydrogen-bond acceptors (Lipinski definition) is 3. The van der Waals surface area contributed by atoms with E-state index in [1.807, 2.05) is 31.2 Å². The zero-order valence-corrected chi connectivity index (χ0v) is 12.2. The van der Waals surface area contributed by atoms with E-state index in [0.717, 1.165) is 5.56 Å². The van der Waals surface area contributed by atoms with Gasteiger partial charge in [-0.1, -0.05) is 41.4 Å². The highest BCUT2D eigenvalue weighted by Crippen LogP contribution is 2.11. The molecule has 0 spiro atoms. The van der Waals surface area contributed by atoms with Gasteiger partial charge in [-0.15, -0.1) is 0 Å². The Morgan fingerprint density at radius 1 is 1.00 bits per heavy atom. The molecule has 0 aliphatic heterocycles. The van der Waals surface area contributed by atoms with Gasteiger partial charge in [-0.2, -0.15) is 9.36 Å². The number of rotatable bonds is 3. The van der Waals surface area contributed by atoms with Crippen LogP contribution in [0, 0.1) is 6.92 Å². The van der Waals surface area contributed by atoms with Gasteiger partial charge < -0.3 is 0 Å². The summed E-state index contributed by atoms with van der Waals surface area (Å²) in [6, 6.07) is 14.8. The molecule has 5 nitrogen and oxygen atoms in total. The van der Waals surface area contributed by atoms with Crippen LogP contribution in [0.4, 0.5) is 0 Å². The normalized spacial score (nSPS) is 10.8. The highest BCUT2D eigenvalue weighted by Gasteiger charge is 2.09. The second-order valence-corrected chi connectivity index (χ2v) is 5.23. The van der Waals surface area contributed by atoms with E-state index in [9.17, 15) is 4.79 Å². The molecule has 6 heteroatoms. The van der Waals surface area contributed by atoms with Crippen LogP contribution in [-0.4, -0.2) is 19.8 Å². The fourth-order valence-electron chi connectivity index (χ4n) is 1.98. The molecule has 0 saturated heterocycles. The average molecular weight is 301 g/mol. The molecule has 0 atom stereocenters. The van der Waals surface area contributed by atoms with E-state index in [2.05, 4.69) is 10.4 Å². The Hall–Kier alpha value is -2.40. The molecule has 2 aromatic carbocycles. The first kappa shape index (κ1) is 13.6. The Morgan fingerprint density at radius 3 is 2.33 bits per heavy atom. The molecule has 0 saturated carbocycles. The third-order valence-electron chi connectivity index (χ3n) is 3.16. The molecule has 0 radical (unpaired) electrons. The van der Waals surface area contributed by atoms with Gasteiger partial charge in [-0.25, -0.2) is 4.79 Å². The second-order valence-electron chi connectivity index (χ2n) is 4.79. The van der Waals surface area contributed by atoms with Crippen LogP contribution in [0.5, 0.6) is 0 Å². The highest BCUT2D eigenvalue weighted by atomic mass is 35.5. The van der Waals surface area contributed by atoms with Gasteiger partial charge in [0.15, 0.2) is 0 Å². The summed E-state index contributed by atoms with van der Waals surface area (Å²) in [6.45, 7) is 2.42. The van der Waals surface area contributed by atoms with E-state index >= 15 is 0 Å². The van der Waals surface area contributed by atoms with Crippen LogP contribution in [-0.2, 0) is 6.54 Å². The monoisotopic (exact) mass is 300 g/mol. The quantitative estimate of drug-likeness (QED) is 0.746. The first-order valence-electron chi connectivity index (χ1n) is 6.48. The van der Waals surface area contributed by atoms with Gasteiger partial charge in [-0.05, 0) is 47.2 Å². The van der Waals surface area contributed by atoms with Crippen LogP contribution in [0.2, 0.25) is 5.02 Å². The number of aromatic nitrogens is 4. The summed E-state index contributed by atoms with van der Waals surface area (Å²) in [7, 11) is 0. The average Bonchev–Trinajstić information content (AvgIpc) is 2.84. The second kappa shape index (κ2) is 5.54. The Bertz CT molecular complexity index is 803. The zero-order chi connectivity index (χ0) is 14.8. The summed E-state index contributed by atoms with van der Waals surface area (Å²) in [6.07, 6.45) is 0. The summed E-state index contributed by atoms with van der Waals surface area (Å²) < 4.78 is 2.59. The molecule has 21 heavy (non-hydrogen) atoms. The minimum absolute atomic E-state index is 0.280. The maximum Gasteiger partial charge on any atom is 0.368 e. The maximum absolute atomic E-state index is 12.3. The van der Waals surface area contributed by atoms with E-state index in [0.29, 0.717) is 17.3 Å². The molecule has 1 aromatic heterocycles. The molecule has 0 unspecified atom stereocenters. The molecule has 0 aliphatic rings. The zero-order valence-electron chi connectivity index (χ0n) is 11.4. The summed E-state index contributed by atoms with van der Waals surface area (Å²) in [5.74, 6) is 0. The molecular formula is C15H13ClN4O. The van der Waals surface area contributed by atoms with Crippen molar-refractivity contribution in [3.63, 3.8) is 0 Å². The highest BCUT2D eigenvalue weighted by molar-refractivity contribution is 6.30. The third kappa shape index (κ3) is 2.87. The number of nitrogens with zero attached hydrogens (tertiary/aromatic N) is 4. The lowest BCUT2D eigenvalue weighted by atomic mass is 10.1. The van der Waals surface area contributed by atoms with Crippen molar-refractivity contribution in [2.75, 3.05) is 0 Å². The van der Waals surface area contributed by atoms with Crippen LogP contribution >= 0.6 is 11.6 Å². The van der Waals surface area contributed by atoms with Crippen molar-refractivity contribution < 1.29 is 0 Å². The lowest BCUT2D eigenvalue weighted by molar-refractivity contribution is 0.632. The Kier molecular flexibility index (Phi) is 3.58. The summed E-state index contributed by atoms with van der Waals surface area (Å²) in [5.41, 5.74) is 2.54. The van der Waals surface area contributed by atoms with E-state index in [-0.39, 0.29) is 5.69 Å². The predicted octanol–water partition coefficient (Wildman–Crippen LogP) is 2.44. The molecule has 3 aromatic rings. The van der Waals surface area contributed by atoms with Crippen molar-refractivity contribution in [1.29, 1.82) is 0 Å². The van der Waals surface area contributed by atoms with Gasteiger partial charge in [0, 0.05) is 5.02 Å².